The van der Waals surface area contributed by atoms with Gasteiger partial charge in [0.15, 0.2) is 11.6 Å². The number of benzene rings is 2. The summed E-state index contributed by atoms with van der Waals surface area (Å²) < 4.78 is 0. The van der Waals surface area contributed by atoms with Crippen LogP contribution in [-0.4, -0.2) is 74.5 Å². The summed E-state index contributed by atoms with van der Waals surface area (Å²) in [7, 11) is 7.33. The van der Waals surface area contributed by atoms with Crippen LogP contribution in [0.5, 0.6) is 0 Å². The summed E-state index contributed by atoms with van der Waals surface area (Å²) >= 11 is 0. The highest BCUT2D eigenvalue weighted by Gasteiger charge is 2.25. The van der Waals surface area contributed by atoms with E-state index < -0.39 is 0 Å². The Morgan fingerprint density at radius 1 is 0.690 bits per heavy atom. The van der Waals surface area contributed by atoms with E-state index in [9.17, 15) is 19.2 Å². The lowest BCUT2D eigenvalue weighted by Gasteiger charge is -2.23. The lowest BCUT2D eigenvalue weighted by atomic mass is 9.87. The zero-order valence-corrected chi connectivity index (χ0v) is 25.7. The molecular weight excluding hydrogens is 528 g/mol. The van der Waals surface area contributed by atoms with Crippen LogP contribution in [0.25, 0.3) is 0 Å². The molecule has 0 radical (unpaired) electrons. The fraction of sp³-hybridized carbons (Fsp3) is 0.412. The van der Waals surface area contributed by atoms with Crippen molar-refractivity contribution >= 4 is 34.8 Å². The largest absolute Gasteiger partial charge is 0.383 e. The number of aryl methyl sites for hydroxylation is 2. The van der Waals surface area contributed by atoms with Gasteiger partial charge in [0.1, 0.15) is 0 Å². The van der Waals surface area contributed by atoms with E-state index in [0.29, 0.717) is 0 Å². The van der Waals surface area contributed by atoms with Crippen molar-refractivity contribution in [2.75, 3.05) is 51.1 Å². The maximum atomic E-state index is 12.6. The van der Waals surface area contributed by atoms with Crippen molar-refractivity contribution in [3.8, 4) is 0 Å². The SMILES string of the molecule is CC(=O)N(C)c1ccc2c(c1)CCC(=CN(C)C)C2=O.CC(=O)N(C)c1ccc2c(c1)CCC(=CN1CCCC1)C2=O. The van der Waals surface area contributed by atoms with Crippen LogP contribution in [0.15, 0.2) is 59.9 Å². The monoisotopic (exact) mass is 570 g/mol. The number of allylic oxidation sites excluding steroid dienone is 2. The molecule has 0 spiro atoms. The van der Waals surface area contributed by atoms with Crippen LogP contribution in [0, 0.1) is 0 Å². The second-order valence-electron chi connectivity index (χ2n) is 11.5. The van der Waals surface area contributed by atoms with Crippen molar-refractivity contribution in [3.05, 3.63) is 82.2 Å². The molecule has 0 atom stereocenters. The highest BCUT2D eigenvalue weighted by atomic mass is 16.2. The quantitative estimate of drug-likeness (QED) is 0.480. The van der Waals surface area contributed by atoms with Crippen LogP contribution in [-0.2, 0) is 22.4 Å². The van der Waals surface area contributed by atoms with Crippen LogP contribution in [0.2, 0.25) is 0 Å². The predicted octanol–water partition coefficient (Wildman–Crippen LogP) is 5.02. The second-order valence-corrected chi connectivity index (χ2v) is 11.5. The first-order valence-electron chi connectivity index (χ1n) is 14.6. The molecular formula is C34H42N4O4. The van der Waals surface area contributed by atoms with Crippen molar-refractivity contribution in [1.82, 2.24) is 9.80 Å². The van der Waals surface area contributed by atoms with E-state index in [4.69, 9.17) is 0 Å². The van der Waals surface area contributed by atoms with Gasteiger partial charge in [0.25, 0.3) is 0 Å². The van der Waals surface area contributed by atoms with E-state index in [1.165, 1.54) is 19.8 Å². The van der Waals surface area contributed by atoms with Crippen LogP contribution in [0.3, 0.4) is 0 Å². The first-order valence-corrected chi connectivity index (χ1v) is 14.6. The molecule has 0 unspecified atom stereocenters. The minimum absolute atomic E-state index is 0.00305. The lowest BCUT2D eigenvalue weighted by Crippen LogP contribution is -2.24. The van der Waals surface area contributed by atoms with Crippen LogP contribution in [0.1, 0.15) is 71.4 Å². The lowest BCUT2D eigenvalue weighted by molar-refractivity contribution is -0.117. The second kappa shape index (κ2) is 13.2. The van der Waals surface area contributed by atoms with Gasteiger partial charge < -0.3 is 19.6 Å². The summed E-state index contributed by atoms with van der Waals surface area (Å²) in [5.41, 5.74) is 7.07. The Labute approximate surface area is 249 Å². The summed E-state index contributed by atoms with van der Waals surface area (Å²) in [6.45, 7) is 5.20. The Kier molecular flexibility index (Phi) is 9.66. The fourth-order valence-electron chi connectivity index (χ4n) is 5.56. The highest BCUT2D eigenvalue weighted by Crippen LogP contribution is 2.30. The Hall–Kier alpha value is -4.20. The van der Waals surface area contributed by atoms with Crippen molar-refractivity contribution in [1.29, 1.82) is 0 Å². The van der Waals surface area contributed by atoms with Crippen molar-refractivity contribution in [2.24, 2.45) is 0 Å². The number of ketones is 2. The average molecular weight is 571 g/mol. The van der Waals surface area contributed by atoms with Gasteiger partial charge in [-0.2, -0.15) is 0 Å². The Balaban J connectivity index is 0.000000194. The van der Waals surface area contributed by atoms with Crippen molar-refractivity contribution in [2.45, 2.75) is 52.4 Å². The Morgan fingerprint density at radius 3 is 1.60 bits per heavy atom. The third kappa shape index (κ3) is 6.98. The zero-order chi connectivity index (χ0) is 30.6. The van der Waals surface area contributed by atoms with E-state index >= 15 is 0 Å². The molecule has 8 heteroatoms. The van der Waals surface area contributed by atoms with Gasteiger partial charge in [-0.1, -0.05) is 0 Å². The number of carbonyl (C=O) groups is 4. The normalized spacial score (nSPS) is 17.8. The Bertz CT molecular complexity index is 1450. The van der Waals surface area contributed by atoms with Gasteiger partial charge in [0, 0.05) is 101 Å². The number of nitrogens with zero attached hydrogens (tertiary/aromatic N) is 4. The summed E-state index contributed by atoms with van der Waals surface area (Å²) in [5, 5.41) is 0. The molecule has 0 saturated carbocycles. The van der Waals surface area contributed by atoms with Gasteiger partial charge in [-0.05, 0) is 86.1 Å². The van der Waals surface area contributed by atoms with E-state index in [2.05, 4.69) is 11.1 Å². The number of carbonyl (C=O) groups excluding carboxylic acids is 4. The standard InChI is InChI=1S/C18H22N2O2.C16H20N2O2/c1-13(21)19(2)16-7-8-17-14(11-16)5-6-15(18(17)22)12-20-9-3-4-10-20;1-11(19)18(4)14-7-8-15-12(9-14)5-6-13(16(15)20)10-17(2)3/h7-8,11-12H,3-6,9-10H2,1-2H3;7-10H,5-6H2,1-4H3. The summed E-state index contributed by atoms with van der Waals surface area (Å²) in [5.74, 6) is 0.221. The molecule has 1 saturated heterocycles. The number of hydrogen-bond acceptors (Lipinski definition) is 6. The van der Waals surface area contributed by atoms with Gasteiger partial charge in [-0.25, -0.2) is 0 Å². The first-order chi connectivity index (χ1) is 20.0. The predicted molar refractivity (Wildman–Crippen MR) is 167 cm³/mol. The molecule has 0 bridgehead atoms. The van der Waals surface area contributed by atoms with Crippen molar-refractivity contribution < 1.29 is 19.2 Å². The minimum atomic E-state index is -0.0136. The molecule has 2 aromatic rings. The molecule has 1 fully saturated rings. The van der Waals surface area contributed by atoms with Gasteiger partial charge in [0.05, 0.1) is 0 Å². The minimum Gasteiger partial charge on any atom is -0.383 e. The maximum Gasteiger partial charge on any atom is 0.223 e. The number of anilines is 2. The van der Waals surface area contributed by atoms with Gasteiger partial charge in [-0.15, -0.1) is 0 Å². The molecule has 1 aliphatic heterocycles. The van der Waals surface area contributed by atoms with Gasteiger partial charge in [-0.3, -0.25) is 19.2 Å². The van der Waals surface area contributed by atoms with E-state index in [1.807, 2.05) is 61.6 Å². The van der Waals surface area contributed by atoms with E-state index in [0.717, 1.165) is 83.5 Å². The van der Waals surface area contributed by atoms with Crippen LogP contribution >= 0.6 is 0 Å². The number of amides is 2. The molecule has 2 amide bonds. The topological polar surface area (TPSA) is 81.2 Å². The van der Waals surface area contributed by atoms with Crippen LogP contribution < -0.4 is 9.80 Å². The molecule has 0 N–H and O–H groups in total. The van der Waals surface area contributed by atoms with E-state index in [-0.39, 0.29) is 23.4 Å². The molecule has 3 aliphatic rings. The highest BCUT2D eigenvalue weighted by molar-refractivity contribution is 6.11. The fourth-order valence-corrected chi connectivity index (χ4v) is 5.56. The van der Waals surface area contributed by atoms with E-state index in [1.54, 1.807) is 30.8 Å². The molecule has 2 aliphatic carbocycles. The van der Waals surface area contributed by atoms with Crippen molar-refractivity contribution in [3.63, 3.8) is 0 Å². The third-order valence-electron chi connectivity index (χ3n) is 8.19. The summed E-state index contributed by atoms with van der Waals surface area (Å²) in [6.07, 6.45) is 9.62. The summed E-state index contributed by atoms with van der Waals surface area (Å²) in [6, 6.07) is 11.3. The average Bonchev–Trinajstić information content (AvgIpc) is 3.48. The Morgan fingerprint density at radius 2 is 1.14 bits per heavy atom. The molecule has 2 aromatic carbocycles. The smallest absolute Gasteiger partial charge is 0.223 e. The molecule has 8 nitrogen and oxygen atoms in total. The first kappa shape index (κ1) is 30.8. The molecule has 222 valence electrons. The van der Waals surface area contributed by atoms with Gasteiger partial charge in [0.2, 0.25) is 11.8 Å². The zero-order valence-electron chi connectivity index (χ0n) is 25.7. The number of fused-ring (bicyclic) bond motifs is 2. The number of hydrogen-bond donors (Lipinski definition) is 0. The molecule has 5 rings (SSSR count). The number of Topliss-reactive ketones (excluding diaryl/α,β-unsaturated/α-hetero) is 2. The number of rotatable bonds is 4. The maximum absolute atomic E-state index is 12.6. The molecule has 0 aromatic heterocycles. The number of likely N-dealkylation sites (tertiary alicyclic amines) is 1. The third-order valence-corrected chi connectivity index (χ3v) is 8.19. The molecule has 42 heavy (non-hydrogen) atoms. The summed E-state index contributed by atoms with van der Waals surface area (Å²) in [4.78, 5) is 55.3. The van der Waals surface area contributed by atoms with Gasteiger partial charge >= 0.3 is 0 Å². The van der Waals surface area contributed by atoms with Crippen LogP contribution in [0.4, 0.5) is 11.4 Å². The molecule has 1 heterocycles.